The lowest BCUT2D eigenvalue weighted by Crippen LogP contribution is -2.21. The van der Waals surface area contributed by atoms with Crippen molar-refractivity contribution < 1.29 is 0 Å². The van der Waals surface area contributed by atoms with Gasteiger partial charge in [0.05, 0.1) is 0 Å². The lowest BCUT2D eigenvalue weighted by Gasteiger charge is -2.11. The van der Waals surface area contributed by atoms with Crippen molar-refractivity contribution in [3.05, 3.63) is 48.1 Å². The van der Waals surface area contributed by atoms with Gasteiger partial charge in [-0.2, -0.15) is 0 Å². The Kier molecular flexibility index (Phi) is 3.60. The zero-order valence-electron chi connectivity index (χ0n) is 8.46. The van der Waals surface area contributed by atoms with Gasteiger partial charge >= 0.3 is 0 Å². The van der Waals surface area contributed by atoms with Crippen molar-refractivity contribution in [2.75, 3.05) is 0 Å². The van der Waals surface area contributed by atoms with Gasteiger partial charge in [-0.25, -0.2) is 0 Å². The predicted octanol–water partition coefficient (Wildman–Crippen LogP) is 2.35. The summed E-state index contributed by atoms with van der Waals surface area (Å²) in [7, 11) is 0. The maximum absolute atomic E-state index is 7.70. The standard InChI is InChI=1S/C12H16N2/c1-9(2)12(14)8-10-6-4-3-5-7-11(10)13/h3-7,11,14H,1,8,13H2,2H3. The first-order chi connectivity index (χ1) is 6.61. The van der Waals surface area contributed by atoms with E-state index in [0.717, 1.165) is 11.1 Å². The van der Waals surface area contributed by atoms with Gasteiger partial charge in [0.1, 0.15) is 0 Å². The fourth-order valence-corrected chi connectivity index (χ4v) is 1.19. The molecule has 0 spiro atoms. The van der Waals surface area contributed by atoms with Crippen LogP contribution in [0.1, 0.15) is 13.3 Å². The Bertz CT molecular complexity index is 332. The van der Waals surface area contributed by atoms with E-state index in [9.17, 15) is 0 Å². The summed E-state index contributed by atoms with van der Waals surface area (Å²) in [5, 5.41) is 7.70. The molecule has 0 bridgehead atoms. The highest BCUT2D eigenvalue weighted by Gasteiger charge is 2.09. The second-order valence-electron chi connectivity index (χ2n) is 3.47. The highest BCUT2D eigenvalue weighted by molar-refractivity contribution is 5.98. The van der Waals surface area contributed by atoms with Gasteiger partial charge < -0.3 is 11.1 Å². The summed E-state index contributed by atoms with van der Waals surface area (Å²) in [5.41, 5.74) is 8.32. The average Bonchev–Trinajstić information content (AvgIpc) is 2.32. The van der Waals surface area contributed by atoms with Crippen molar-refractivity contribution in [1.29, 1.82) is 5.41 Å². The summed E-state index contributed by atoms with van der Waals surface area (Å²) in [6.45, 7) is 5.58. The molecule has 0 amide bonds. The third-order valence-electron chi connectivity index (χ3n) is 2.18. The van der Waals surface area contributed by atoms with Gasteiger partial charge in [0.2, 0.25) is 0 Å². The third kappa shape index (κ3) is 2.82. The van der Waals surface area contributed by atoms with Gasteiger partial charge in [-0.1, -0.05) is 37.0 Å². The highest BCUT2D eigenvalue weighted by Crippen LogP contribution is 2.13. The van der Waals surface area contributed by atoms with Crippen LogP contribution in [0.4, 0.5) is 0 Å². The molecule has 0 fully saturated rings. The van der Waals surface area contributed by atoms with Gasteiger partial charge in [-0.05, 0) is 18.1 Å². The van der Waals surface area contributed by atoms with Crippen molar-refractivity contribution in [2.24, 2.45) is 5.73 Å². The second-order valence-corrected chi connectivity index (χ2v) is 3.47. The zero-order valence-corrected chi connectivity index (χ0v) is 8.46. The van der Waals surface area contributed by atoms with Crippen LogP contribution in [0.25, 0.3) is 0 Å². The molecule has 2 heteroatoms. The zero-order chi connectivity index (χ0) is 10.6. The van der Waals surface area contributed by atoms with E-state index in [-0.39, 0.29) is 6.04 Å². The van der Waals surface area contributed by atoms with E-state index >= 15 is 0 Å². The topological polar surface area (TPSA) is 49.9 Å². The summed E-state index contributed by atoms with van der Waals surface area (Å²) in [6, 6.07) is -0.0790. The van der Waals surface area contributed by atoms with Crippen molar-refractivity contribution in [1.82, 2.24) is 0 Å². The largest absolute Gasteiger partial charge is 0.321 e. The molecule has 2 nitrogen and oxygen atoms in total. The van der Waals surface area contributed by atoms with Crippen LogP contribution in [-0.4, -0.2) is 11.8 Å². The Morgan fingerprint density at radius 2 is 2.21 bits per heavy atom. The first-order valence-corrected chi connectivity index (χ1v) is 4.64. The van der Waals surface area contributed by atoms with E-state index in [1.807, 2.05) is 37.3 Å². The number of hydrogen-bond donors (Lipinski definition) is 2. The van der Waals surface area contributed by atoms with E-state index in [1.165, 1.54) is 0 Å². The molecule has 0 radical (unpaired) electrons. The van der Waals surface area contributed by atoms with Gasteiger partial charge in [0.25, 0.3) is 0 Å². The highest BCUT2D eigenvalue weighted by atomic mass is 14.6. The van der Waals surface area contributed by atoms with Crippen LogP contribution in [0.15, 0.2) is 48.1 Å². The van der Waals surface area contributed by atoms with Crippen molar-refractivity contribution in [3.8, 4) is 0 Å². The molecule has 14 heavy (non-hydrogen) atoms. The lowest BCUT2D eigenvalue weighted by molar-refractivity contribution is 0.924. The number of nitrogens with one attached hydrogen (secondary N) is 1. The normalized spacial score (nSPS) is 20.1. The Balaban J connectivity index is 2.72. The molecule has 0 heterocycles. The van der Waals surface area contributed by atoms with Crippen LogP contribution >= 0.6 is 0 Å². The Labute approximate surface area is 85.0 Å². The Morgan fingerprint density at radius 3 is 2.86 bits per heavy atom. The van der Waals surface area contributed by atoms with Crippen LogP contribution < -0.4 is 5.73 Å². The molecular formula is C12H16N2. The van der Waals surface area contributed by atoms with Gasteiger partial charge in [-0.15, -0.1) is 0 Å². The van der Waals surface area contributed by atoms with Crippen LogP contribution in [0.2, 0.25) is 0 Å². The second kappa shape index (κ2) is 4.72. The fourth-order valence-electron chi connectivity index (χ4n) is 1.19. The average molecular weight is 188 g/mol. The van der Waals surface area contributed by atoms with Gasteiger partial charge in [0.15, 0.2) is 0 Å². The van der Waals surface area contributed by atoms with E-state index < -0.39 is 0 Å². The minimum atomic E-state index is -0.0790. The summed E-state index contributed by atoms with van der Waals surface area (Å²) < 4.78 is 0. The van der Waals surface area contributed by atoms with Gasteiger partial charge in [-0.3, -0.25) is 0 Å². The van der Waals surface area contributed by atoms with Crippen LogP contribution in [0.5, 0.6) is 0 Å². The Hall–Kier alpha value is -1.41. The maximum atomic E-state index is 7.70. The fraction of sp³-hybridized carbons (Fsp3) is 0.250. The summed E-state index contributed by atoms with van der Waals surface area (Å²) >= 11 is 0. The quantitative estimate of drug-likeness (QED) is 0.656. The molecule has 0 saturated carbocycles. The summed E-state index contributed by atoms with van der Waals surface area (Å²) in [5.74, 6) is 0. The maximum Gasteiger partial charge on any atom is 0.0450 e. The molecule has 1 unspecified atom stereocenters. The Morgan fingerprint density at radius 1 is 1.50 bits per heavy atom. The number of nitrogens with two attached hydrogens (primary N) is 1. The van der Waals surface area contributed by atoms with Crippen LogP contribution in [0.3, 0.4) is 0 Å². The van der Waals surface area contributed by atoms with E-state index in [1.54, 1.807) is 0 Å². The van der Waals surface area contributed by atoms with E-state index in [0.29, 0.717) is 12.1 Å². The number of rotatable bonds is 3. The number of hydrogen-bond acceptors (Lipinski definition) is 2. The first kappa shape index (κ1) is 10.7. The SMILES string of the molecule is C=C(C)C(=N)CC1=CC=CC=CC1N. The third-order valence-corrected chi connectivity index (χ3v) is 2.18. The summed E-state index contributed by atoms with van der Waals surface area (Å²) in [6.07, 6.45) is 10.3. The van der Waals surface area contributed by atoms with Crippen molar-refractivity contribution in [3.63, 3.8) is 0 Å². The molecule has 0 aromatic rings. The molecule has 0 saturated heterocycles. The molecule has 3 N–H and O–H groups in total. The summed E-state index contributed by atoms with van der Waals surface area (Å²) in [4.78, 5) is 0. The lowest BCUT2D eigenvalue weighted by atomic mass is 9.99. The molecular weight excluding hydrogens is 172 g/mol. The molecule has 74 valence electrons. The molecule has 1 aliphatic carbocycles. The monoisotopic (exact) mass is 188 g/mol. The molecule has 1 aliphatic rings. The number of allylic oxidation sites excluding steroid dienone is 5. The molecule has 0 aromatic carbocycles. The van der Waals surface area contributed by atoms with Crippen molar-refractivity contribution >= 4 is 5.71 Å². The minimum Gasteiger partial charge on any atom is -0.321 e. The molecule has 0 aromatic heterocycles. The molecule has 1 rings (SSSR count). The van der Waals surface area contributed by atoms with E-state index in [4.69, 9.17) is 11.1 Å². The van der Waals surface area contributed by atoms with Crippen LogP contribution in [0, 0.1) is 5.41 Å². The van der Waals surface area contributed by atoms with Gasteiger partial charge in [0, 0.05) is 18.2 Å². The smallest absolute Gasteiger partial charge is 0.0450 e. The van der Waals surface area contributed by atoms with Crippen molar-refractivity contribution in [2.45, 2.75) is 19.4 Å². The molecule has 1 atom stereocenters. The minimum absolute atomic E-state index is 0.0790. The first-order valence-electron chi connectivity index (χ1n) is 4.64. The predicted molar refractivity (Wildman–Crippen MR) is 61.5 cm³/mol. The molecule has 0 aliphatic heterocycles. The van der Waals surface area contributed by atoms with Crippen LogP contribution in [-0.2, 0) is 0 Å². The van der Waals surface area contributed by atoms with E-state index in [2.05, 4.69) is 6.58 Å².